The highest BCUT2D eigenvalue weighted by atomic mass is 16.2. The Hall–Kier alpha value is -1.64. The van der Waals surface area contributed by atoms with Crippen molar-refractivity contribution < 1.29 is 9.59 Å². The van der Waals surface area contributed by atoms with Crippen molar-refractivity contribution in [2.45, 2.75) is 40.0 Å². The molecule has 18 heavy (non-hydrogen) atoms. The van der Waals surface area contributed by atoms with E-state index in [0.29, 0.717) is 6.29 Å². The van der Waals surface area contributed by atoms with Gasteiger partial charge in [0.15, 0.2) is 0 Å². The molecule has 0 unspecified atom stereocenters. The predicted molar refractivity (Wildman–Crippen MR) is 74.1 cm³/mol. The predicted octanol–water partition coefficient (Wildman–Crippen LogP) is 2.76. The van der Waals surface area contributed by atoms with E-state index in [9.17, 15) is 9.59 Å². The summed E-state index contributed by atoms with van der Waals surface area (Å²) in [7, 11) is 1.63. The second-order valence-corrected chi connectivity index (χ2v) is 5.72. The van der Waals surface area contributed by atoms with Crippen LogP contribution in [0.1, 0.15) is 37.5 Å². The van der Waals surface area contributed by atoms with Crippen LogP contribution in [0.15, 0.2) is 12.1 Å². The molecule has 98 valence electrons. The Balaban J connectivity index is 3.33. The van der Waals surface area contributed by atoms with Crippen LogP contribution in [0.25, 0.3) is 0 Å². The monoisotopic (exact) mass is 247 g/mol. The van der Waals surface area contributed by atoms with Crippen molar-refractivity contribution in [3.05, 3.63) is 28.8 Å². The number of amides is 1. The molecule has 1 aromatic rings. The first-order chi connectivity index (χ1) is 8.18. The maximum absolute atomic E-state index is 11.5. The Morgan fingerprint density at radius 1 is 1.17 bits per heavy atom. The molecule has 1 aromatic carbocycles. The molecule has 0 atom stereocenters. The first kappa shape index (κ1) is 14.4. The maximum Gasteiger partial charge on any atom is 0.290 e. The second-order valence-electron chi connectivity index (χ2n) is 5.72. The van der Waals surface area contributed by atoms with Gasteiger partial charge in [0.2, 0.25) is 6.29 Å². The van der Waals surface area contributed by atoms with Crippen molar-refractivity contribution >= 4 is 17.9 Å². The lowest BCUT2D eigenvalue weighted by atomic mass is 9.84. The average molecular weight is 247 g/mol. The number of aldehydes is 1. The van der Waals surface area contributed by atoms with E-state index in [1.807, 2.05) is 13.8 Å². The molecule has 0 radical (unpaired) electrons. The van der Waals surface area contributed by atoms with Crippen molar-refractivity contribution in [3.63, 3.8) is 0 Å². The van der Waals surface area contributed by atoms with Crippen molar-refractivity contribution in [1.29, 1.82) is 0 Å². The number of rotatable bonds is 2. The van der Waals surface area contributed by atoms with E-state index in [2.05, 4.69) is 32.9 Å². The van der Waals surface area contributed by atoms with Gasteiger partial charge in [0.05, 0.1) is 0 Å². The van der Waals surface area contributed by atoms with E-state index in [-0.39, 0.29) is 5.41 Å². The zero-order valence-corrected chi connectivity index (χ0v) is 12.0. The van der Waals surface area contributed by atoms with Gasteiger partial charge in [-0.25, -0.2) is 0 Å². The highest BCUT2D eigenvalue weighted by Crippen LogP contribution is 2.31. The van der Waals surface area contributed by atoms with Gasteiger partial charge in [-0.3, -0.25) is 9.59 Å². The largest absolute Gasteiger partial charge is 0.309 e. The zero-order chi connectivity index (χ0) is 14.1. The molecule has 0 spiro atoms. The van der Waals surface area contributed by atoms with Crippen molar-refractivity contribution in [3.8, 4) is 0 Å². The molecule has 0 bridgehead atoms. The highest BCUT2D eigenvalue weighted by molar-refractivity contribution is 6.30. The van der Waals surface area contributed by atoms with Gasteiger partial charge >= 0.3 is 0 Å². The summed E-state index contributed by atoms with van der Waals surface area (Å²) in [6, 6.07) is 4.16. The lowest BCUT2D eigenvalue weighted by Crippen LogP contribution is -2.28. The fraction of sp³-hybridized carbons (Fsp3) is 0.467. The van der Waals surface area contributed by atoms with E-state index in [4.69, 9.17) is 0 Å². The number of aryl methyl sites for hydroxylation is 2. The van der Waals surface area contributed by atoms with Crippen LogP contribution in [0.2, 0.25) is 0 Å². The second kappa shape index (κ2) is 4.92. The summed E-state index contributed by atoms with van der Waals surface area (Å²) in [5.74, 6) is -0.523. The number of likely N-dealkylation sites (N-methyl/N-ethyl adjacent to an activating group) is 1. The van der Waals surface area contributed by atoms with E-state index in [1.54, 1.807) is 7.05 Å². The molecular weight excluding hydrogens is 226 g/mol. The summed E-state index contributed by atoms with van der Waals surface area (Å²) in [6.45, 7) is 10.4. The Labute approximate surface area is 109 Å². The van der Waals surface area contributed by atoms with Crippen molar-refractivity contribution in [2.24, 2.45) is 0 Å². The first-order valence-electron chi connectivity index (χ1n) is 6.03. The fourth-order valence-electron chi connectivity index (χ4n) is 2.11. The maximum atomic E-state index is 11.5. The Bertz CT molecular complexity index is 461. The molecule has 1 rings (SSSR count). The fourth-order valence-corrected chi connectivity index (χ4v) is 2.11. The van der Waals surface area contributed by atoms with Gasteiger partial charge in [-0.2, -0.15) is 0 Å². The van der Waals surface area contributed by atoms with Gasteiger partial charge in [0.1, 0.15) is 0 Å². The third-order valence-electron chi connectivity index (χ3n) is 3.12. The minimum atomic E-state index is -0.523. The van der Waals surface area contributed by atoms with Gasteiger partial charge < -0.3 is 4.90 Å². The zero-order valence-electron chi connectivity index (χ0n) is 12.0. The lowest BCUT2D eigenvalue weighted by molar-refractivity contribution is -0.129. The molecule has 0 saturated heterocycles. The molecule has 0 aliphatic carbocycles. The van der Waals surface area contributed by atoms with Crippen LogP contribution in [-0.2, 0) is 15.0 Å². The molecule has 3 nitrogen and oxygen atoms in total. The number of carbonyl (C=O) groups excluding carboxylic acids is 2. The quantitative estimate of drug-likeness (QED) is 0.595. The summed E-state index contributed by atoms with van der Waals surface area (Å²) < 4.78 is 0. The summed E-state index contributed by atoms with van der Waals surface area (Å²) in [5.41, 5.74) is 4.14. The van der Waals surface area contributed by atoms with Crippen LogP contribution >= 0.6 is 0 Å². The number of carbonyl (C=O) groups is 2. The average Bonchev–Trinajstić information content (AvgIpc) is 2.25. The SMILES string of the molecule is Cc1cc(C(C)(C)C)cc(C)c1N(C)C(=O)C=O. The minimum absolute atomic E-state index is 0.0707. The number of hydrogen-bond acceptors (Lipinski definition) is 2. The summed E-state index contributed by atoms with van der Waals surface area (Å²) in [5, 5.41) is 0. The van der Waals surface area contributed by atoms with E-state index in [0.717, 1.165) is 16.8 Å². The van der Waals surface area contributed by atoms with Crippen LogP contribution in [0.3, 0.4) is 0 Å². The molecular formula is C15H21NO2. The summed E-state index contributed by atoms with van der Waals surface area (Å²) >= 11 is 0. The molecule has 0 N–H and O–H groups in total. The molecule has 0 aliphatic heterocycles. The Morgan fingerprint density at radius 3 is 1.94 bits per heavy atom. The standard InChI is InChI=1S/C15H21NO2/c1-10-7-12(15(3,4)5)8-11(2)14(10)16(6)13(18)9-17/h7-9H,1-6H3. The van der Waals surface area contributed by atoms with Crippen molar-refractivity contribution in [2.75, 3.05) is 11.9 Å². The highest BCUT2D eigenvalue weighted by Gasteiger charge is 2.19. The van der Waals surface area contributed by atoms with E-state index < -0.39 is 5.91 Å². The smallest absolute Gasteiger partial charge is 0.290 e. The number of benzene rings is 1. The molecule has 0 fully saturated rings. The lowest BCUT2D eigenvalue weighted by Gasteiger charge is -2.25. The van der Waals surface area contributed by atoms with Gasteiger partial charge in [0.25, 0.3) is 5.91 Å². The summed E-state index contributed by atoms with van der Waals surface area (Å²) in [6.07, 6.45) is 0.344. The Kier molecular flexibility index (Phi) is 3.95. The molecule has 0 saturated carbocycles. The van der Waals surface area contributed by atoms with Gasteiger partial charge in [-0.1, -0.05) is 32.9 Å². The number of nitrogens with zero attached hydrogens (tertiary/aromatic N) is 1. The van der Waals surface area contributed by atoms with E-state index >= 15 is 0 Å². The topological polar surface area (TPSA) is 37.4 Å². The van der Waals surface area contributed by atoms with E-state index in [1.165, 1.54) is 10.5 Å². The number of hydrogen-bond donors (Lipinski definition) is 0. The first-order valence-corrected chi connectivity index (χ1v) is 6.03. The van der Waals surface area contributed by atoms with Crippen LogP contribution < -0.4 is 4.90 Å². The van der Waals surface area contributed by atoms with Crippen LogP contribution in [0.5, 0.6) is 0 Å². The van der Waals surface area contributed by atoms with Gasteiger partial charge in [-0.05, 0) is 36.0 Å². The molecule has 3 heteroatoms. The number of anilines is 1. The third kappa shape index (κ3) is 2.78. The molecule has 1 amide bonds. The van der Waals surface area contributed by atoms with Crippen LogP contribution in [0, 0.1) is 13.8 Å². The van der Waals surface area contributed by atoms with Gasteiger partial charge in [0, 0.05) is 12.7 Å². The summed E-state index contributed by atoms with van der Waals surface area (Å²) in [4.78, 5) is 23.4. The van der Waals surface area contributed by atoms with Gasteiger partial charge in [-0.15, -0.1) is 0 Å². The van der Waals surface area contributed by atoms with Crippen LogP contribution in [0.4, 0.5) is 5.69 Å². The molecule has 0 aromatic heterocycles. The Morgan fingerprint density at radius 2 is 1.61 bits per heavy atom. The van der Waals surface area contributed by atoms with Crippen LogP contribution in [-0.4, -0.2) is 19.2 Å². The molecule has 0 aliphatic rings. The molecule has 0 heterocycles. The minimum Gasteiger partial charge on any atom is -0.309 e. The third-order valence-corrected chi connectivity index (χ3v) is 3.12. The van der Waals surface area contributed by atoms with Crippen molar-refractivity contribution in [1.82, 2.24) is 0 Å². The normalized spacial score (nSPS) is 11.2.